The highest BCUT2D eigenvalue weighted by Gasteiger charge is 2.25. The van der Waals surface area contributed by atoms with Crippen molar-refractivity contribution in [3.05, 3.63) is 28.8 Å². The molecule has 20 heavy (non-hydrogen) atoms. The number of rotatable bonds is 7. The van der Waals surface area contributed by atoms with Gasteiger partial charge in [-0.25, -0.2) is 0 Å². The Bertz CT molecular complexity index is 425. The predicted octanol–water partition coefficient (Wildman–Crippen LogP) is 3.05. The number of nitrogens with one attached hydrogen (secondary N) is 1. The Morgan fingerprint density at radius 3 is 3.05 bits per heavy atom. The van der Waals surface area contributed by atoms with Gasteiger partial charge < -0.3 is 15.3 Å². The molecule has 0 aliphatic carbocycles. The van der Waals surface area contributed by atoms with Gasteiger partial charge in [-0.3, -0.25) is 0 Å². The van der Waals surface area contributed by atoms with Gasteiger partial charge in [0, 0.05) is 26.2 Å². The van der Waals surface area contributed by atoms with Crippen molar-refractivity contribution in [2.45, 2.75) is 32.7 Å². The van der Waals surface area contributed by atoms with Gasteiger partial charge in [0.15, 0.2) is 0 Å². The summed E-state index contributed by atoms with van der Waals surface area (Å²) in [4.78, 5) is 2.38. The zero-order chi connectivity index (χ0) is 14.4. The molecule has 1 atom stereocenters. The first-order chi connectivity index (χ1) is 9.76. The van der Waals surface area contributed by atoms with E-state index in [0.29, 0.717) is 5.92 Å². The topological polar surface area (TPSA) is 35.5 Å². The fraction of sp³-hybridized carbons (Fsp3) is 0.625. The Labute approximate surface area is 126 Å². The van der Waals surface area contributed by atoms with E-state index in [-0.39, 0.29) is 6.61 Å². The molecular weight excluding hydrogens is 272 g/mol. The standard InChI is InChI=1S/C16H25ClN2O/c1-2-8-18-11-14-4-3-5-15(17)16(14)19-9-6-13(12-19)7-10-20/h3-5,13,18,20H,2,6-12H2,1H3. The lowest BCUT2D eigenvalue weighted by Crippen LogP contribution is -2.23. The van der Waals surface area contributed by atoms with Crippen LogP contribution in [0.2, 0.25) is 5.02 Å². The highest BCUT2D eigenvalue weighted by atomic mass is 35.5. The number of aliphatic hydroxyl groups excluding tert-OH is 1. The second-order valence-electron chi connectivity index (χ2n) is 5.54. The molecule has 4 heteroatoms. The quantitative estimate of drug-likeness (QED) is 0.759. The molecule has 0 amide bonds. The van der Waals surface area contributed by atoms with Gasteiger partial charge in [-0.2, -0.15) is 0 Å². The predicted molar refractivity (Wildman–Crippen MR) is 85.5 cm³/mol. The average molecular weight is 297 g/mol. The van der Waals surface area contributed by atoms with Gasteiger partial charge >= 0.3 is 0 Å². The van der Waals surface area contributed by atoms with E-state index in [1.54, 1.807) is 0 Å². The largest absolute Gasteiger partial charge is 0.396 e. The van der Waals surface area contributed by atoms with E-state index >= 15 is 0 Å². The van der Waals surface area contributed by atoms with Crippen LogP contribution in [0.4, 0.5) is 5.69 Å². The van der Waals surface area contributed by atoms with E-state index in [9.17, 15) is 0 Å². The number of para-hydroxylation sites is 1. The van der Waals surface area contributed by atoms with Crippen molar-refractivity contribution in [1.29, 1.82) is 0 Å². The zero-order valence-electron chi connectivity index (χ0n) is 12.2. The Balaban J connectivity index is 2.09. The number of benzene rings is 1. The summed E-state index contributed by atoms with van der Waals surface area (Å²) in [5, 5.41) is 13.4. The Hall–Kier alpha value is -0.770. The molecule has 1 fully saturated rings. The summed E-state index contributed by atoms with van der Waals surface area (Å²) in [6, 6.07) is 6.15. The normalized spacial score (nSPS) is 18.8. The van der Waals surface area contributed by atoms with Gasteiger partial charge in [0.2, 0.25) is 0 Å². The SMILES string of the molecule is CCCNCc1cccc(Cl)c1N1CCC(CCO)C1. The molecule has 0 radical (unpaired) electrons. The molecule has 2 rings (SSSR count). The summed E-state index contributed by atoms with van der Waals surface area (Å²) in [7, 11) is 0. The maximum absolute atomic E-state index is 9.08. The van der Waals surface area contributed by atoms with E-state index in [1.165, 1.54) is 11.3 Å². The molecular formula is C16H25ClN2O. The smallest absolute Gasteiger partial charge is 0.0642 e. The Morgan fingerprint density at radius 2 is 2.30 bits per heavy atom. The lowest BCUT2D eigenvalue weighted by atomic mass is 10.1. The van der Waals surface area contributed by atoms with Crippen molar-refractivity contribution in [3.63, 3.8) is 0 Å². The zero-order valence-corrected chi connectivity index (χ0v) is 13.0. The van der Waals surface area contributed by atoms with Crippen LogP contribution in [0.15, 0.2) is 18.2 Å². The van der Waals surface area contributed by atoms with Crippen molar-refractivity contribution in [3.8, 4) is 0 Å². The van der Waals surface area contributed by atoms with Gasteiger partial charge in [0.25, 0.3) is 0 Å². The highest BCUT2D eigenvalue weighted by Crippen LogP contribution is 2.34. The molecule has 1 aromatic rings. The number of nitrogens with zero attached hydrogens (tertiary/aromatic N) is 1. The fourth-order valence-electron chi connectivity index (χ4n) is 2.91. The van der Waals surface area contributed by atoms with Crippen molar-refractivity contribution in [2.24, 2.45) is 5.92 Å². The van der Waals surface area contributed by atoms with Crippen molar-refractivity contribution < 1.29 is 5.11 Å². The van der Waals surface area contributed by atoms with Crippen LogP contribution >= 0.6 is 11.6 Å². The van der Waals surface area contributed by atoms with Crippen LogP contribution in [0.3, 0.4) is 0 Å². The third-order valence-corrected chi connectivity index (χ3v) is 4.26. The summed E-state index contributed by atoms with van der Waals surface area (Å²) < 4.78 is 0. The minimum Gasteiger partial charge on any atom is -0.396 e. The number of hydrogen-bond donors (Lipinski definition) is 2. The summed E-state index contributed by atoms with van der Waals surface area (Å²) in [5.74, 6) is 0.590. The summed E-state index contributed by atoms with van der Waals surface area (Å²) >= 11 is 6.43. The number of hydrogen-bond acceptors (Lipinski definition) is 3. The third kappa shape index (κ3) is 3.87. The van der Waals surface area contributed by atoms with Crippen LogP contribution in [0.1, 0.15) is 31.7 Å². The van der Waals surface area contributed by atoms with Crippen LogP contribution in [0.5, 0.6) is 0 Å². The summed E-state index contributed by atoms with van der Waals surface area (Å²) in [6.07, 6.45) is 3.18. The molecule has 0 spiro atoms. The van der Waals surface area contributed by atoms with Crippen LogP contribution in [0.25, 0.3) is 0 Å². The molecule has 0 saturated carbocycles. The molecule has 1 heterocycles. The second-order valence-corrected chi connectivity index (χ2v) is 5.94. The minimum atomic E-state index is 0.284. The molecule has 0 aromatic heterocycles. The van der Waals surface area contributed by atoms with Crippen LogP contribution in [-0.4, -0.2) is 31.3 Å². The van der Waals surface area contributed by atoms with Crippen LogP contribution < -0.4 is 10.2 Å². The first-order valence-corrected chi connectivity index (χ1v) is 7.98. The first kappa shape index (κ1) is 15.6. The second kappa shape index (κ2) is 7.87. The van der Waals surface area contributed by atoms with Crippen molar-refractivity contribution in [1.82, 2.24) is 5.32 Å². The van der Waals surface area contributed by atoms with E-state index in [4.69, 9.17) is 16.7 Å². The molecule has 1 unspecified atom stereocenters. The first-order valence-electron chi connectivity index (χ1n) is 7.60. The molecule has 1 aliphatic rings. The van der Waals surface area contributed by atoms with E-state index < -0.39 is 0 Å². The molecule has 112 valence electrons. The Kier molecular flexibility index (Phi) is 6.14. The lowest BCUT2D eigenvalue weighted by Gasteiger charge is -2.24. The van der Waals surface area contributed by atoms with E-state index in [2.05, 4.69) is 23.2 Å². The van der Waals surface area contributed by atoms with Crippen molar-refractivity contribution in [2.75, 3.05) is 31.1 Å². The molecule has 0 bridgehead atoms. The Morgan fingerprint density at radius 1 is 1.45 bits per heavy atom. The molecule has 1 saturated heterocycles. The van der Waals surface area contributed by atoms with Crippen LogP contribution in [-0.2, 0) is 6.54 Å². The minimum absolute atomic E-state index is 0.284. The van der Waals surface area contributed by atoms with Crippen LogP contribution in [0, 0.1) is 5.92 Å². The average Bonchev–Trinajstić information content (AvgIpc) is 2.88. The monoisotopic (exact) mass is 296 g/mol. The maximum atomic E-state index is 9.08. The third-order valence-electron chi connectivity index (χ3n) is 3.95. The number of anilines is 1. The number of halogens is 1. The van der Waals surface area contributed by atoms with E-state index in [0.717, 1.165) is 50.5 Å². The molecule has 3 nitrogen and oxygen atoms in total. The summed E-state index contributed by atoms with van der Waals surface area (Å²) in [5.41, 5.74) is 2.45. The van der Waals surface area contributed by atoms with Gasteiger partial charge in [-0.1, -0.05) is 30.7 Å². The lowest BCUT2D eigenvalue weighted by molar-refractivity contribution is 0.263. The van der Waals surface area contributed by atoms with Crippen molar-refractivity contribution >= 4 is 17.3 Å². The summed E-state index contributed by atoms with van der Waals surface area (Å²) in [6.45, 7) is 6.39. The fourth-order valence-corrected chi connectivity index (χ4v) is 3.22. The van der Waals surface area contributed by atoms with Gasteiger partial charge in [0.05, 0.1) is 10.7 Å². The number of aliphatic hydroxyl groups is 1. The molecule has 1 aromatic carbocycles. The highest BCUT2D eigenvalue weighted by molar-refractivity contribution is 6.33. The van der Waals surface area contributed by atoms with Gasteiger partial charge in [0.1, 0.15) is 0 Å². The van der Waals surface area contributed by atoms with E-state index in [1.807, 2.05) is 12.1 Å². The maximum Gasteiger partial charge on any atom is 0.0642 e. The molecule has 2 N–H and O–H groups in total. The molecule has 1 aliphatic heterocycles. The van der Waals surface area contributed by atoms with Gasteiger partial charge in [-0.15, -0.1) is 0 Å². The van der Waals surface area contributed by atoms with Gasteiger partial charge in [-0.05, 0) is 43.4 Å².